The van der Waals surface area contributed by atoms with Crippen molar-refractivity contribution in [2.24, 2.45) is 0 Å². The highest BCUT2D eigenvalue weighted by molar-refractivity contribution is 5.94. The first kappa shape index (κ1) is 18.5. The van der Waals surface area contributed by atoms with Gasteiger partial charge >= 0.3 is 0 Å². The lowest BCUT2D eigenvalue weighted by Crippen LogP contribution is -2.37. The van der Waals surface area contributed by atoms with Gasteiger partial charge in [-0.15, -0.1) is 0 Å². The second-order valence-corrected chi connectivity index (χ2v) is 5.73. The van der Waals surface area contributed by atoms with Gasteiger partial charge in [0.2, 0.25) is 0 Å². The second kappa shape index (κ2) is 8.87. The topological polar surface area (TPSA) is 64.6 Å². The van der Waals surface area contributed by atoms with E-state index in [1.807, 2.05) is 24.3 Å². The van der Waals surface area contributed by atoms with Crippen LogP contribution < -0.4 is 14.8 Å². The Morgan fingerprint density at radius 1 is 1.00 bits per heavy atom. The van der Waals surface area contributed by atoms with Crippen molar-refractivity contribution in [3.63, 3.8) is 0 Å². The number of methoxy groups -OCH3 is 1. The van der Waals surface area contributed by atoms with Gasteiger partial charge in [-0.1, -0.05) is 12.1 Å². The average molecular weight is 341 g/mol. The van der Waals surface area contributed by atoms with Crippen molar-refractivity contribution in [2.45, 2.75) is 26.4 Å². The number of rotatable bonds is 8. The fourth-order valence-corrected chi connectivity index (χ4v) is 2.29. The largest absolute Gasteiger partial charge is 0.497 e. The molecule has 2 rings (SSSR count). The minimum atomic E-state index is -0.612. The molecule has 5 nitrogen and oxygen atoms in total. The number of Topliss-reactive ketones (excluding diaryl/α,β-unsaturated/α-hetero) is 1. The number of carbonyl (C=O) groups excluding carboxylic acids is 2. The molecule has 1 N–H and O–H groups in total. The van der Waals surface area contributed by atoms with Gasteiger partial charge in [0, 0.05) is 12.1 Å². The smallest absolute Gasteiger partial charge is 0.260 e. The molecular formula is C20H23NO4. The molecule has 5 heteroatoms. The van der Waals surface area contributed by atoms with Crippen molar-refractivity contribution >= 4 is 11.7 Å². The summed E-state index contributed by atoms with van der Waals surface area (Å²) in [5, 5.41) is 2.86. The molecule has 0 fully saturated rings. The molecule has 25 heavy (non-hydrogen) atoms. The summed E-state index contributed by atoms with van der Waals surface area (Å²) < 4.78 is 10.7. The summed E-state index contributed by atoms with van der Waals surface area (Å²) in [6.07, 6.45) is 0.120. The Kier molecular flexibility index (Phi) is 6.57. The molecule has 0 aliphatic rings. The normalized spacial score (nSPS) is 11.5. The summed E-state index contributed by atoms with van der Waals surface area (Å²) >= 11 is 0. The van der Waals surface area contributed by atoms with Gasteiger partial charge in [-0.25, -0.2) is 0 Å². The van der Waals surface area contributed by atoms with E-state index >= 15 is 0 Å². The molecule has 0 saturated heterocycles. The Labute approximate surface area is 148 Å². The number of hydrogen-bond acceptors (Lipinski definition) is 4. The number of ether oxygens (including phenoxy) is 2. The lowest BCUT2D eigenvalue weighted by Gasteiger charge is -2.15. The van der Waals surface area contributed by atoms with Crippen LogP contribution in [0.25, 0.3) is 0 Å². The minimum absolute atomic E-state index is 0.00382. The Hall–Kier alpha value is -2.82. The third kappa shape index (κ3) is 5.64. The number of carbonyl (C=O) groups is 2. The average Bonchev–Trinajstić information content (AvgIpc) is 2.62. The van der Waals surface area contributed by atoms with E-state index in [9.17, 15) is 9.59 Å². The van der Waals surface area contributed by atoms with Crippen molar-refractivity contribution in [3.8, 4) is 11.5 Å². The second-order valence-electron chi connectivity index (χ2n) is 5.73. The number of amides is 1. The molecule has 1 unspecified atom stereocenters. The minimum Gasteiger partial charge on any atom is -0.497 e. The summed E-state index contributed by atoms with van der Waals surface area (Å²) in [5.41, 5.74) is 1.73. The molecule has 0 radical (unpaired) electrons. The van der Waals surface area contributed by atoms with E-state index in [1.165, 1.54) is 6.92 Å². The molecule has 0 aromatic heterocycles. The van der Waals surface area contributed by atoms with Gasteiger partial charge in [0.05, 0.1) is 7.11 Å². The molecule has 0 heterocycles. The summed E-state index contributed by atoms with van der Waals surface area (Å²) in [4.78, 5) is 23.3. The fourth-order valence-electron chi connectivity index (χ4n) is 2.29. The Bertz CT molecular complexity index is 707. The predicted molar refractivity (Wildman–Crippen MR) is 96.2 cm³/mol. The van der Waals surface area contributed by atoms with Gasteiger partial charge in [0.25, 0.3) is 5.91 Å². The standard InChI is InChI=1S/C20H23NO4/c1-14(22)17-6-10-19(11-7-17)25-15(2)20(23)21-13-12-16-4-8-18(24-3)9-5-16/h4-11,15H,12-13H2,1-3H3,(H,21,23). The van der Waals surface area contributed by atoms with Gasteiger partial charge in [-0.3, -0.25) is 9.59 Å². The van der Waals surface area contributed by atoms with Crippen molar-refractivity contribution in [1.29, 1.82) is 0 Å². The fraction of sp³-hybridized carbons (Fsp3) is 0.300. The van der Waals surface area contributed by atoms with E-state index < -0.39 is 6.10 Å². The maximum Gasteiger partial charge on any atom is 0.260 e. The van der Waals surface area contributed by atoms with Crippen LogP contribution in [0.15, 0.2) is 48.5 Å². The van der Waals surface area contributed by atoms with Crippen LogP contribution in [0.4, 0.5) is 0 Å². The predicted octanol–water partition coefficient (Wildman–Crippen LogP) is 3.02. The number of benzene rings is 2. The summed E-state index contributed by atoms with van der Waals surface area (Å²) in [7, 11) is 1.63. The van der Waals surface area contributed by atoms with E-state index in [2.05, 4.69) is 5.32 Å². The van der Waals surface area contributed by atoms with Crippen LogP contribution in [-0.4, -0.2) is 31.4 Å². The van der Waals surface area contributed by atoms with Crippen LogP contribution in [-0.2, 0) is 11.2 Å². The molecule has 0 saturated carbocycles. The monoisotopic (exact) mass is 341 g/mol. The molecule has 2 aromatic rings. The maximum absolute atomic E-state index is 12.1. The van der Waals surface area contributed by atoms with Gasteiger partial charge in [0.1, 0.15) is 11.5 Å². The Morgan fingerprint density at radius 3 is 2.16 bits per heavy atom. The van der Waals surface area contributed by atoms with Crippen molar-refractivity contribution in [1.82, 2.24) is 5.32 Å². The van der Waals surface area contributed by atoms with Crippen LogP contribution in [0.1, 0.15) is 29.8 Å². The first-order valence-corrected chi connectivity index (χ1v) is 8.18. The van der Waals surface area contributed by atoms with E-state index in [0.717, 1.165) is 17.7 Å². The van der Waals surface area contributed by atoms with Gasteiger partial charge < -0.3 is 14.8 Å². The van der Waals surface area contributed by atoms with Gasteiger partial charge in [-0.2, -0.15) is 0 Å². The lowest BCUT2D eigenvalue weighted by molar-refractivity contribution is -0.127. The maximum atomic E-state index is 12.1. The number of hydrogen-bond donors (Lipinski definition) is 1. The van der Waals surface area contributed by atoms with Crippen LogP contribution in [0, 0.1) is 0 Å². The van der Waals surface area contributed by atoms with E-state index in [0.29, 0.717) is 17.9 Å². The molecule has 1 amide bonds. The summed E-state index contributed by atoms with van der Waals surface area (Å²) in [6, 6.07) is 14.5. The van der Waals surface area contributed by atoms with Crippen LogP contribution >= 0.6 is 0 Å². The van der Waals surface area contributed by atoms with E-state index in [1.54, 1.807) is 38.3 Å². The zero-order valence-electron chi connectivity index (χ0n) is 14.7. The van der Waals surface area contributed by atoms with E-state index in [4.69, 9.17) is 9.47 Å². The Balaban J connectivity index is 1.78. The number of nitrogens with one attached hydrogen (secondary N) is 1. The first-order chi connectivity index (χ1) is 12.0. The molecule has 2 aromatic carbocycles. The van der Waals surface area contributed by atoms with E-state index in [-0.39, 0.29) is 11.7 Å². The molecule has 0 aliphatic carbocycles. The van der Waals surface area contributed by atoms with Gasteiger partial charge in [-0.05, 0) is 62.2 Å². The van der Waals surface area contributed by atoms with Crippen LogP contribution in [0.2, 0.25) is 0 Å². The highest BCUT2D eigenvalue weighted by Crippen LogP contribution is 2.14. The molecular weight excluding hydrogens is 318 g/mol. The van der Waals surface area contributed by atoms with Crippen molar-refractivity contribution in [2.75, 3.05) is 13.7 Å². The number of ketones is 1. The van der Waals surface area contributed by atoms with Crippen molar-refractivity contribution < 1.29 is 19.1 Å². The highest BCUT2D eigenvalue weighted by Gasteiger charge is 2.14. The molecule has 1 atom stereocenters. The van der Waals surface area contributed by atoms with Crippen molar-refractivity contribution in [3.05, 3.63) is 59.7 Å². The summed E-state index contributed by atoms with van der Waals surface area (Å²) in [5.74, 6) is 1.19. The highest BCUT2D eigenvalue weighted by atomic mass is 16.5. The molecule has 132 valence electrons. The lowest BCUT2D eigenvalue weighted by atomic mass is 10.1. The molecule has 0 spiro atoms. The zero-order chi connectivity index (χ0) is 18.2. The van der Waals surface area contributed by atoms with Gasteiger partial charge in [0.15, 0.2) is 11.9 Å². The third-order valence-electron chi connectivity index (χ3n) is 3.81. The molecule has 0 aliphatic heterocycles. The quantitative estimate of drug-likeness (QED) is 0.750. The van der Waals surface area contributed by atoms with Crippen LogP contribution in [0.3, 0.4) is 0 Å². The zero-order valence-corrected chi connectivity index (χ0v) is 14.7. The Morgan fingerprint density at radius 2 is 1.60 bits per heavy atom. The first-order valence-electron chi connectivity index (χ1n) is 8.18. The molecule has 0 bridgehead atoms. The SMILES string of the molecule is COc1ccc(CCNC(=O)C(C)Oc2ccc(C(C)=O)cc2)cc1. The summed E-state index contributed by atoms with van der Waals surface area (Å²) in [6.45, 7) is 3.73. The van der Waals surface area contributed by atoms with Crippen LogP contribution in [0.5, 0.6) is 11.5 Å². The third-order valence-corrected chi connectivity index (χ3v) is 3.81.